The summed E-state index contributed by atoms with van der Waals surface area (Å²) in [5.74, 6) is 3.41. The van der Waals surface area contributed by atoms with E-state index in [2.05, 4.69) is 39.5 Å². The second-order valence-corrected chi connectivity index (χ2v) is 7.18. The van der Waals surface area contributed by atoms with Crippen LogP contribution in [0.25, 0.3) is 0 Å². The second-order valence-electron chi connectivity index (χ2n) is 7.18. The highest BCUT2D eigenvalue weighted by Crippen LogP contribution is 2.29. The first-order valence-electron chi connectivity index (χ1n) is 9.61. The molecule has 0 aliphatic carbocycles. The largest absolute Gasteiger partial charge is 0.497 e. The topological polar surface area (TPSA) is 46.1 Å². The highest BCUT2D eigenvalue weighted by atomic mass is 127. The van der Waals surface area contributed by atoms with E-state index in [9.17, 15) is 0 Å². The molecule has 0 saturated carbocycles. The number of halogens is 1. The molecule has 2 heterocycles. The van der Waals surface area contributed by atoms with Gasteiger partial charge < -0.3 is 19.7 Å². The van der Waals surface area contributed by atoms with E-state index in [1.165, 1.54) is 11.1 Å². The predicted octanol–water partition coefficient (Wildman–Crippen LogP) is 3.68. The Morgan fingerprint density at radius 3 is 2.71 bits per heavy atom. The molecular weight excluding hydrogens is 465 g/mol. The molecule has 150 valence electrons. The van der Waals surface area contributed by atoms with Crippen LogP contribution in [0.15, 0.2) is 53.5 Å². The number of benzene rings is 2. The van der Waals surface area contributed by atoms with E-state index in [4.69, 9.17) is 9.47 Å². The molecule has 2 unspecified atom stereocenters. The lowest BCUT2D eigenvalue weighted by atomic mass is 9.98. The van der Waals surface area contributed by atoms with Gasteiger partial charge in [0.1, 0.15) is 17.6 Å². The Morgan fingerprint density at radius 2 is 2.00 bits per heavy atom. The van der Waals surface area contributed by atoms with Crippen LogP contribution < -0.4 is 14.8 Å². The van der Waals surface area contributed by atoms with Gasteiger partial charge in [0, 0.05) is 32.5 Å². The number of hydrogen-bond donors (Lipinski definition) is 1. The van der Waals surface area contributed by atoms with Crippen molar-refractivity contribution in [3.05, 3.63) is 59.7 Å². The quantitative estimate of drug-likeness (QED) is 0.401. The molecular formula is C22H28IN3O2. The lowest BCUT2D eigenvalue weighted by molar-refractivity contribution is 0.233. The van der Waals surface area contributed by atoms with Gasteiger partial charge >= 0.3 is 0 Å². The molecule has 1 fully saturated rings. The van der Waals surface area contributed by atoms with E-state index in [0.29, 0.717) is 5.92 Å². The van der Waals surface area contributed by atoms with Crippen LogP contribution in [0.3, 0.4) is 0 Å². The van der Waals surface area contributed by atoms with Crippen LogP contribution in [-0.2, 0) is 6.42 Å². The zero-order valence-electron chi connectivity index (χ0n) is 16.4. The van der Waals surface area contributed by atoms with Gasteiger partial charge in [0.05, 0.1) is 13.7 Å². The van der Waals surface area contributed by atoms with Crippen molar-refractivity contribution >= 4 is 29.9 Å². The number of hydrogen-bond acceptors (Lipinski definition) is 3. The summed E-state index contributed by atoms with van der Waals surface area (Å²) in [5.41, 5.74) is 2.66. The van der Waals surface area contributed by atoms with Crippen LogP contribution in [0.5, 0.6) is 11.5 Å². The van der Waals surface area contributed by atoms with E-state index < -0.39 is 0 Å². The average molecular weight is 493 g/mol. The van der Waals surface area contributed by atoms with E-state index >= 15 is 0 Å². The summed E-state index contributed by atoms with van der Waals surface area (Å²) in [6.45, 7) is 2.77. The van der Waals surface area contributed by atoms with Gasteiger partial charge in [-0.15, -0.1) is 24.0 Å². The molecule has 2 aliphatic heterocycles. The minimum atomic E-state index is 0. The Balaban J connectivity index is 0.00000225. The molecule has 2 aromatic rings. The number of likely N-dealkylation sites (tertiary alicyclic amines) is 1. The third-order valence-electron chi connectivity index (χ3n) is 5.49. The number of para-hydroxylation sites is 1. The summed E-state index contributed by atoms with van der Waals surface area (Å²) in [5, 5.41) is 3.51. The third kappa shape index (κ3) is 4.54. The fourth-order valence-corrected chi connectivity index (χ4v) is 4.01. The first-order valence-corrected chi connectivity index (χ1v) is 9.61. The molecule has 6 heteroatoms. The third-order valence-corrected chi connectivity index (χ3v) is 5.49. The molecule has 5 nitrogen and oxygen atoms in total. The van der Waals surface area contributed by atoms with Crippen LogP contribution in [0.1, 0.15) is 23.5 Å². The summed E-state index contributed by atoms with van der Waals surface area (Å²) >= 11 is 0. The van der Waals surface area contributed by atoms with Crippen LogP contribution in [0.2, 0.25) is 0 Å². The van der Waals surface area contributed by atoms with Crippen LogP contribution >= 0.6 is 24.0 Å². The normalized spacial score (nSPS) is 20.9. The molecule has 1 N–H and O–H groups in total. The van der Waals surface area contributed by atoms with Crippen LogP contribution in [0.4, 0.5) is 0 Å². The number of aliphatic imine (C=N–C) groups is 1. The molecule has 0 aromatic heterocycles. The van der Waals surface area contributed by atoms with Crippen molar-refractivity contribution in [1.29, 1.82) is 0 Å². The van der Waals surface area contributed by atoms with E-state index in [1.807, 2.05) is 31.3 Å². The summed E-state index contributed by atoms with van der Waals surface area (Å²) in [4.78, 5) is 6.84. The zero-order chi connectivity index (χ0) is 18.6. The molecule has 28 heavy (non-hydrogen) atoms. The van der Waals surface area contributed by atoms with Crippen molar-refractivity contribution in [1.82, 2.24) is 10.2 Å². The van der Waals surface area contributed by atoms with Gasteiger partial charge in [0.25, 0.3) is 0 Å². The van der Waals surface area contributed by atoms with Crippen LogP contribution in [-0.4, -0.2) is 50.8 Å². The molecule has 0 amide bonds. The van der Waals surface area contributed by atoms with Gasteiger partial charge in [-0.1, -0.05) is 30.3 Å². The van der Waals surface area contributed by atoms with Crippen molar-refractivity contribution in [2.75, 3.05) is 33.8 Å². The SMILES string of the molecule is CN=C(NCC1Cc2ccccc2O1)N1CCC(c2ccc(OC)cc2)C1.I. The smallest absolute Gasteiger partial charge is 0.193 e. The van der Waals surface area contributed by atoms with Gasteiger partial charge in [-0.05, 0) is 35.7 Å². The molecule has 2 aliphatic rings. The minimum Gasteiger partial charge on any atom is -0.497 e. The number of rotatable bonds is 4. The molecule has 2 aromatic carbocycles. The first-order chi connectivity index (χ1) is 13.3. The summed E-state index contributed by atoms with van der Waals surface area (Å²) in [6, 6.07) is 16.7. The number of nitrogens with zero attached hydrogens (tertiary/aromatic N) is 2. The van der Waals surface area contributed by atoms with Crippen molar-refractivity contribution in [2.45, 2.75) is 24.9 Å². The summed E-state index contributed by atoms with van der Waals surface area (Å²) in [7, 11) is 3.56. The van der Waals surface area contributed by atoms with Gasteiger partial charge in [0.15, 0.2) is 5.96 Å². The van der Waals surface area contributed by atoms with Gasteiger partial charge in [0.2, 0.25) is 0 Å². The molecule has 1 saturated heterocycles. The predicted molar refractivity (Wildman–Crippen MR) is 123 cm³/mol. The average Bonchev–Trinajstić information content (AvgIpc) is 3.35. The number of methoxy groups -OCH3 is 1. The zero-order valence-corrected chi connectivity index (χ0v) is 18.8. The molecule has 2 atom stereocenters. The van der Waals surface area contributed by atoms with E-state index in [0.717, 1.165) is 49.9 Å². The van der Waals surface area contributed by atoms with Crippen molar-refractivity contribution in [2.24, 2.45) is 4.99 Å². The molecule has 0 bridgehead atoms. The minimum absolute atomic E-state index is 0. The van der Waals surface area contributed by atoms with Gasteiger partial charge in [-0.25, -0.2) is 0 Å². The molecule has 0 radical (unpaired) electrons. The lowest BCUT2D eigenvalue weighted by Crippen LogP contribution is -2.43. The Hall–Kier alpha value is -1.96. The number of guanidine groups is 1. The van der Waals surface area contributed by atoms with Crippen molar-refractivity contribution in [3.8, 4) is 11.5 Å². The van der Waals surface area contributed by atoms with Crippen molar-refractivity contribution in [3.63, 3.8) is 0 Å². The molecule has 4 rings (SSSR count). The fourth-order valence-electron chi connectivity index (χ4n) is 4.01. The van der Waals surface area contributed by atoms with E-state index in [1.54, 1.807) is 7.11 Å². The van der Waals surface area contributed by atoms with Crippen LogP contribution in [0, 0.1) is 0 Å². The van der Waals surface area contributed by atoms with Gasteiger partial charge in [-0.3, -0.25) is 4.99 Å². The number of ether oxygens (including phenoxy) is 2. The maximum atomic E-state index is 6.03. The fraction of sp³-hybridized carbons (Fsp3) is 0.409. The van der Waals surface area contributed by atoms with Crippen molar-refractivity contribution < 1.29 is 9.47 Å². The Bertz CT molecular complexity index is 785. The number of nitrogens with one attached hydrogen (secondary N) is 1. The Morgan fingerprint density at radius 1 is 1.21 bits per heavy atom. The first kappa shape index (κ1) is 20.8. The highest BCUT2D eigenvalue weighted by molar-refractivity contribution is 14.0. The maximum absolute atomic E-state index is 6.03. The molecule has 0 spiro atoms. The highest BCUT2D eigenvalue weighted by Gasteiger charge is 2.27. The summed E-state index contributed by atoms with van der Waals surface area (Å²) < 4.78 is 11.3. The Labute approximate surface area is 184 Å². The van der Waals surface area contributed by atoms with E-state index in [-0.39, 0.29) is 30.1 Å². The monoisotopic (exact) mass is 493 g/mol. The Kier molecular flexibility index (Phi) is 7.04. The number of fused-ring (bicyclic) bond motifs is 1. The second kappa shape index (κ2) is 9.49. The lowest BCUT2D eigenvalue weighted by Gasteiger charge is -2.23. The standard InChI is InChI=1S/C22H27N3O2.HI/c1-23-22(24-14-20-13-17-5-3-4-6-21(17)27-20)25-12-11-18(15-25)16-7-9-19(26-2)10-8-16;/h3-10,18,20H,11-15H2,1-2H3,(H,23,24);1H. The maximum Gasteiger partial charge on any atom is 0.193 e. The van der Waals surface area contributed by atoms with Gasteiger partial charge in [-0.2, -0.15) is 0 Å². The summed E-state index contributed by atoms with van der Waals surface area (Å²) in [6.07, 6.45) is 2.26.